The van der Waals surface area contributed by atoms with Crippen molar-refractivity contribution in [1.29, 1.82) is 0 Å². The minimum atomic E-state index is 0.469. The van der Waals surface area contributed by atoms with Crippen LogP contribution in [-0.2, 0) is 0 Å². The zero-order valence-corrected chi connectivity index (χ0v) is 14.0. The Morgan fingerprint density at radius 1 is 1.04 bits per heavy atom. The fraction of sp³-hybridized carbons (Fsp3) is 0.0556. The van der Waals surface area contributed by atoms with Gasteiger partial charge in [0.15, 0.2) is 11.5 Å². The number of hydrogen-bond donors (Lipinski definition) is 2. The summed E-state index contributed by atoms with van der Waals surface area (Å²) in [7, 11) is 0. The van der Waals surface area contributed by atoms with Gasteiger partial charge in [-0.05, 0) is 31.2 Å². The van der Waals surface area contributed by atoms with Crippen LogP contribution < -0.4 is 11.2 Å². The molecule has 0 saturated carbocycles. The number of pyridine rings is 1. The molecule has 1 aromatic carbocycles. The normalized spacial score (nSPS) is 11.3. The highest BCUT2D eigenvalue weighted by atomic mass is 15.3. The van der Waals surface area contributed by atoms with Crippen molar-refractivity contribution in [2.24, 2.45) is 5.10 Å². The third kappa shape index (κ3) is 3.07. The van der Waals surface area contributed by atoms with Gasteiger partial charge in [0.05, 0.1) is 23.5 Å². The highest BCUT2D eigenvalue weighted by Crippen LogP contribution is 2.21. The summed E-state index contributed by atoms with van der Waals surface area (Å²) in [6, 6.07) is 11.6. The second-order valence-corrected chi connectivity index (χ2v) is 5.74. The summed E-state index contributed by atoms with van der Waals surface area (Å²) in [6.07, 6.45) is 6.49. The van der Waals surface area contributed by atoms with Crippen molar-refractivity contribution >= 4 is 28.9 Å². The summed E-state index contributed by atoms with van der Waals surface area (Å²) in [4.78, 5) is 12.6. The molecule has 0 aliphatic carbocycles. The predicted molar refractivity (Wildman–Crippen MR) is 101 cm³/mol. The maximum Gasteiger partial charge on any atom is 0.168 e. The molecule has 0 amide bonds. The van der Waals surface area contributed by atoms with Gasteiger partial charge in [-0.1, -0.05) is 17.7 Å². The smallest absolute Gasteiger partial charge is 0.168 e. The Kier molecular flexibility index (Phi) is 3.98. The van der Waals surface area contributed by atoms with Crippen LogP contribution in [0.2, 0.25) is 0 Å². The quantitative estimate of drug-likeness (QED) is 0.435. The van der Waals surface area contributed by atoms with Crippen LogP contribution in [0, 0.1) is 6.92 Å². The molecule has 3 N–H and O–H groups in total. The molecule has 0 spiro atoms. The summed E-state index contributed by atoms with van der Waals surface area (Å²) in [5.74, 6) is 1.05. The SMILES string of the molecule is Cc1ccc(-n2ncc3c(N/N=C/c4ccc(N)nc4)ncnc32)cc1. The third-order valence-electron chi connectivity index (χ3n) is 3.84. The van der Waals surface area contributed by atoms with E-state index in [2.05, 4.69) is 30.6 Å². The van der Waals surface area contributed by atoms with Crippen molar-refractivity contribution in [3.8, 4) is 5.69 Å². The number of hydrazone groups is 1. The molecule has 26 heavy (non-hydrogen) atoms. The Labute approximate surface area is 149 Å². The van der Waals surface area contributed by atoms with E-state index in [0.29, 0.717) is 17.3 Å². The molecule has 3 heterocycles. The molecular weight excluding hydrogens is 328 g/mol. The number of anilines is 2. The van der Waals surface area contributed by atoms with Gasteiger partial charge < -0.3 is 5.73 Å². The van der Waals surface area contributed by atoms with Gasteiger partial charge in [0, 0.05) is 11.8 Å². The maximum atomic E-state index is 5.57. The lowest BCUT2D eigenvalue weighted by molar-refractivity contribution is 0.894. The topological polar surface area (TPSA) is 107 Å². The van der Waals surface area contributed by atoms with Gasteiger partial charge in [-0.3, -0.25) is 5.43 Å². The van der Waals surface area contributed by atoms with Crippen molar-refractivity contribution in [3.05, 3.63) is 66.2 Å². The van der Waals surface area contributed by atoms with E-state index < -0.39 is 0 Å². The first-order chi connectivity index (χ1) is 12.7. The molecule has 4 rings (SSSR count). The van der Waals surface area contributed by atoms with E-state index in [9.17, 15) is 0 Å². The number of fused-ring (bicyclic) bond motifs is 1. The second-order valence-electron chi connectivity index (χ2n) is 5.74. The standard InChI is InChI=1S/C18H16N8/c1-12-2-5-14(6-3-12)26-18-15(10-24-26)17(21-11-22-18)25-23-9-13-4-7-16(19)20-8-13/h2-11H,1H3,(H2,19,20)(H,21,22,25)/b23-9+. The van der Waals surface area contributed by atoms with Gasteiger partial charge in [-0.25, -0.2) is 19.6 Å². The van der Waals surface area contributed by atoms with E-state index in [1.54, 1.807) is 29.4 Å². The van der Waals surface area contributed by atoms with E-state index in [0.717, 1.165) is 16.6 Å². The van der Waals surface area contributed by atoms with Crippen LogP contribution in [0.1, 0.15) is 11.1 Å². The van der Waals surface area contributed by atoms with Gasteiger partial charge in [0.2, 0.25) is 0 Å². The Hall–Kier alpha value is -3.81. The van der Waals surface area contributed by atoms with Gasteiger partial charge >= 0.3 is 0 Å². The van der Waals surface area contributed by atoms with Crippen LogP contribution in [0.3, 0.4) is 0 Å². The number of nitrogens with zero attached hydrogens (tertiary/aromatic N) is 6. The summed E-state index contributed by atoms with van der Waals surface area (Å²) in [5, 5.41) is 9.41. The first kappa shape index (κ1) is 15.7. The summed E-state index contributed by atoms with van der Waals surface area (Å²) >= 11 is 0. The van der Waals surface area contributed by atoms with Gasteiger partial charge in [0.25, 0.3) is 0 Å². The van der Waals surface area contributed by atoms with E-state index in [4.69, 9.17) is 5.73 Å². The molecule has 0 atom stereocenters. The Morgan fingerprint density at radius 3 is 2.65 bits per heavy atom. The Bertz CT molecular complexity index is 1060. The number of aromatic nitrogens is 5. The summed E-state index contributed by atoms with van der Waals surface area (Å²) in [6.45, 7) is 2.05. The highest BCUT2D eigenvalue weighted by Gasteiger charge is 2.10. The van der Waals surface area contributed by atoms with E-state index in [1.807, 2.05) is 37.3 Å². The molecule has 0 aliphatic heterocycles. The molecule has 0 saturated heterocycles. The minimum Gasteiger partial charge on any atom is -0.384 e. The molecule has 0 unspecified atom stereocenters. The average molecular weight is 344 g/mol. The monoisotopic (exact) mass is 344 g/mol. The van der Waals surface area contributed by atoms with Crippen LogP contribution in [0.5, 0.6) is 0 Å². The molecule has 4 aromatic rings. The van der Waals surface area contributed by atoms with E-state index in [-0.39, 0.29) is 0 Å². The van der Waals surface area contributed by atoms with E-state index in [1.165, 1.54) is 11.9 Å². The van der Waals surface area contributed by atoms with Crippen molar-refractivity contribution in [2.45, 2.75) is 6.92 Å². The average Bonchev–Trinajstić information content (AvgIpc) is 3.09. The van der Waals surface area contributed by atoms with Crippen LogP contribution in [-0.4, -0.2) is 30.9 Å². The van der Waals surface area contributed by atoms with Crippen molar-refractivity contribution in [2.75, 3.05) is 11.2 Å². The van der Waals surface area contributed by atoms with Gasteiger partial charge in [0.1, 0.15) is 12.1 Å². The fourth-order valence-electron chi connectivity index (χ4n) is 2.47. The molecule has 8 heteroatoms. The van der Waals surface area contributed by atoms with Gasteiger partial charge in [-0.15, -0.1) is 0 Å². The lowest BCUT2D eigenvalue weighted by Crippen LogP contribution is -1.99. The molecule has 3 aromatic heterocycles. The number of nitrogens with one attached hydrogen (secondary N) is 1. The van der Waals surface area contributed by atoms with Crippen LogP contribution in [0.15, 0.2) is 60.2 Å². The van der Waals surface area contributed by atoms with Crippen molar-refractivity contribution in [1.82, 2.24) is 24.7 Å². The summed E-state index contributed by atoms with van der Waals surface area (Å²) in [5.41, 5.74) is 12.2. The molecular formula is C18H16N8. The molecule has 0 aliphatic rings. The number of aryl methyl sites for hydroxylation is 1. The number of nitrogen functional groups attached to an aromatic ring is 1. The van der Waals surface area contributed by atoms with Crippen molar-refractivity contribution in [3.63, 3.8) is 0 Å². The minimum absolute atomic E-state index is 0.469. The summed E-state index contributed by atoms with van der Waals surface area (Å²) < 4.78 is 1.77. The largest absolute Gasteiger partial charge is 0.384 e. The molecule has 0 fully saturated rings. The molecule has 0 bridgehead atoms. The second kappa shape index (κ2) is 6.60. The van der Waals surface area contributed by atoms with Gasteiger partial charge in [-0.2, -0.15) is 10.2 Å². The van der Waals surface area contributed by atoms with Crippen LogP contribution >= 0.6 is 0 Å². The first-order valence-corrected chi connectivity index (χ1v) is 7.97. The maximum absolute atomic E-state index is 5.57. The fourth-order valence-corrected chi connectivity index (χ4v) is 2.47. The lowest BCUT2D eigenvalue weighted by atomic mass is 10.2. The molecule has 0 radical (unpaired) electrons. The van der Waals surface area contributed by atoms with Crippen LogP contribution in [0.4, 0.5) is 11.6 Å². The zero-order valence-electron chi connectivity index (χ0n) is 14.0. The lowest BCUT2D eigenvalue weighted by Gasteiger charge is -2.04. The zero-order chi connectivity index (χ0) is 17.9. The Balaban J connectivity index is 1.62. The first-order valence-electron chi connectivity index (χ1n) is 7.97. The highest BCUT2D eigenvalue weighted by molar-refractivity contribution is 5.88. The molecule has 128 valence electrons. The third-order valence-corrected chi connectivity index (χ3v) is 3.84. The molecule has 8 nitrogen and oxygen atoms in total. The number of nitrogens with two attached hydrogens (primary N) is 1. The van der Waals surface area contributed by atoms with Crippen LogP contribution in [0.25, 0.3) is 16.7 Å². The predicted octanol–water partition coefficient (Wildman–Crippen LogP) is 2.55. The number of hydrogen-bond acceptors (Lipinski definition) is 7. The van der Waals surface area contributed by atoms with E-state index >= 15 is 0 Å². The van der Waals surface area contributed by atoms with Crippen molar-refractivity contribution < 1.29 is 0 Å². The Morgan fingerprint density at radius 2 is 1.88 bits per heavy atom. The number of benzene rings is 1. The number of rotatable bonds is 4.